The van der Waals surface area contributed by atoms with E-state index in [1.807, 2.05) is 0 Å². The molecule has 61 heavy (non-hydrogen) atoms. The van der Waals surface area contributed by atoms with Crippen molar-refractivity contribution in [3.05, 3.63) is 149 Å². The minimum atomic E-state index is -0.138. The molecule has 12 rings (SSSR count). The maximum absolute atomic E-state index is 7.29. The SMILES string of the molecule is CC(C)(C)c1ccc(N2B3c4cc(C(C)(C)C)ccc4-n4c5cc6c(cc5c5c7c(oc8ccccc87)c(c3c54)-c3cc(C(C)(C)C)ccc32)C(C)(C)c2ccccc2-6)cc1. The first kappa shape index (κ1) is 36.8. The van der Waals surface area contributed by atoms with Gasteiger partial charge in [0.2, 0.25) is 0 Å². The van der Waals surface area contributed by atoms with Crippen molar-refractivity contribution in [1.29, 1.82) is 0 Å². The summed E-state index contributed by atoms with van der Waals surface area (Å²) >= 11 is 0. The van der Waals surface area contributed by atoms with Gasteiger partial charge >= 0.3 is 6.85 Å². The van der Waals surface area contributed by atoms with Gasteiger partial charge < -0.3 is 13.8 Å². The molecule has 0 radical (unpaired) electrons. The highest BCUT2D eigenvalue weighted by molar-refractivity contribution is 6.94. The lowest BCUT2D eigenvalue weighted by Crippen LogP contribution is -2.60. The van der Waals surface area contributed by atoms with Crippen molar-refractivity contribution >= 4 is 72.9 Å². The Balaban J connectivity index is 1.33. The van der Waals surface area contributed by atoms with E-state index in [1.54, 1.807) is 0 Å². The van der Waals surface area contributed by atoms with Crippen LogP contribution >= 0.6 is 0 Å². The molecule has 0 amide bonds. The summed E-state index contributed by atoms with van der Waals surface area (Å²) < 4.78 is 9.94. The first-order valence-electron chi connectivity index (χ1n) is 22.2. The Bertz CT molecular complexity index is 3390. The highest BCUT2D eigenvalue weighted by Gasteiger charge is 2.47. The van der Waals surface area contributed by atoms with E-state index in [-0.39, 0.29) is 28.5 Å². The molecule has 3 aliphatic rings. The van der Waals surface area contributed by atoms with Crippen molar-refractivity contribution in [2.75, 3.05) is 4.81 Å². The topological polar surface area (TPSA) is 21.3 Å². The van der Waals surface area contributed by atoms with Gasteiger partial charge in [0, 0.05) is 55.1 Å². The summed E-state index contributed by atoms with van der Waals surface area (Å²) in [6.07, 6.45) is 0. The standard InChI is InChI=1S/C57H53BN2O/c1-54(2,3)32-20-24-35(25-21-32)60-44-26-22-33(55(4,5)6)28-39(44)50-51-52-48(49-37-17-13-15-19-47(37)61-53(49)50)40-30-42-38(36-16-12-14-18-41(36)57(42,10)11)31-46(40)59(52)45-27-23-34(56(7,8)9)29-43(45)58(51)60/h12-31H,1-11H3. The molecule has 4 heteroatoms. The van der Waals surface area contributed by atoms with Crippen LogP contribution in [0, 0.1) is 0 Å². The van der Waals surface area contributed by atoms with E-state index < -0.39 is 0 Å². The van der Waals surface area contributed by atoms with Crippen LogP contribution in [0.2, 0.25) is 0 Å². The predicted molar refractivity (Wildman–Crippen MR) is 261 cm³/mol. The van der Waals surface area contributed by atoms with E-state index >= 15 is 0 Å². The summed E-state index contributed by atoms with van der Waals surface area (Å²) in [5.74, 6) is 0. The molecule has 0 bridgehead atoms. The molecule has 2 aliphatic heterocycles. The Hall–Kier alpha value is -6.00. The molecule has 3 nitrogen and oxygen atoms in total. The molecule has 0 spiro atoms. The number of nitrogens with zero attached hydrogens (tertiary/aromatic N) is 2. The summed E-state index contributed by atoms with van der Waals surface area (Å²) in [5, 5.41) is 4.96. The molecule has 0 unspecified atom stereocenters. The average Bonchev–Trinajstić information content (AvgIpc) is 3.84. The van der Waals surface area contributed by atoms with Crippen LogP contribution in [0.15, 0.2) is 126 Å². The molecule has 0 atom stereocenters. The van der Waals surface area contributed by atoms with E-state index in [9.17, 15) is 0 Å². The van der Waals surface area contributed by atoms with E-state index in [1.165, 1.54) is 111 Å². The van der Waals surface area contributed by atoms with Crippen LogP contribution in [-0.2, 0) is 21.7 Å². The molecule has 0 fully saturated rings. The molecule has 0 saturated carbocycles. The summed E-state index contributed by atoms with van der Waals surface area (Å²) in [6, 6.07) is 46.9. The zero-order chi connectivity index (χ0) is 42.3. The average molecular weight is 793 g/mol. The Morgan fingerprint density at radius 2 is 1.18 bits per heavy atom. The fraction of sp³-hybridized carbons (Fsp3) is 0.263. The first-order chi connectivity index (χ1) is 28.9. The first-order valence-corrected chi connectivity index (χ1v) is 22.2. The molecular formula is C57H53BN2O. The quantitative estimate of drug-likeness (QED) is 0.154. The van der Waals surface area contributed by atoms with Crippen molar-refractivity contribution in [1.82, 2.24) is 4.57 Å². The third-order valence-corrected chi connectivity index (χ3v) is 14.6. The Morgan fingerprint density at radius 3 is 1.90 bits per heavy atom. The zero-order valence-corrected chi connectivity index (χ0v) is 37.4. The molecule has 4 heterocycles. The van der Waals surface area contributed by atoms with Gasteiger partial charge in [-0.1, -0.05) is 149 Å². The lowest BCUT2D eigenvalue weighted by molar-refractivity contribution is 0.590. The van der Waals surface area contributed by atoms with Gasteiger partial charge in [-0.2, -0.15) is 0 Å². The van der Waals surface area contributed by atoms with E-state index in [2.05, 4.69) is 207 Å². The number of hydrogen-bond donors (Lipinski definition) is 0. The smallest absolute Gasteiger partial charge is 0.333 e. The minimum absolute atomic E-state index is 0.0426. The van der Waals surface area contributed by atoms with E-state index in [0.717, 1.165) is 11.2 Å². The molecule has 0 N–H and O–H groups in total. The van der Waals surface area contributed by atoms with Crippen LogP contribution in [0.1, 0.15) is 104 Å². The van der Waals surface area contributed by atoms with Gasteiger partial charge in [0.1, 0.15) is 11.2 Å². The second-order valence-electron chi connectivity index (χ2n) is 21.8. The number of benzene rings is 7. The van der Waals surface area contributed by atoms with Crippen LogP contribution in [0.4, 0.5) is 11.4 Å². The maximum Gasteiger partial charge on any atom is 0.333 e. The third kappa shape index (κ3) is 4.82. The molecule has 9 aromatic rings. The summed E-state index contributed by atoms with van der Waals surface area (Å²) in [5.41, 5.74) is 22.5. The van der Waals surface area contributed by atoms with Crippen molar-refractivity contribution in [2.45, 2.75) is 97.8 Å². The van der Waals surface area contributed by atoms with Crippen LogP contribution in [0.25, 0.3) is 71.7 Å². The largest absolute Gasteiger partial charge is 0.455 e. The normalized spacial score (nSPS) is 15.2. The number of anilines is 2. The van der Waals surface area contributed by atoms with Gasteiger partial charge in [-0.25, -0.2) is 0 Å². The molecule has 1 aliphatic carbocycles. The van der Waals surface area contributed by atoms with Crippen LogP contribution < -0.4 is 15.7 Å². The molecule has 0 saturated heterocycles. The number of rotatable bonds is 1. The zero-order valence-electron chi connectivity index (χ0n) is 37.4. The van der Waals surface area contributed by atoms with Crippen molar-refractivity contribution in [3.63, 3.8) is 0 Å². The monoisotopic (exact) mass is 792 g/mol. The van der Waals surface area contributed by atoms with Gasteiger partial charge in [-0.05, 0) is 115 Å². The van der Waals surface area contributed by atoms with Crippen LogP contribution in [-0.4, -0.2) is 11.4 Å². The summed E-state index contributed by atoms with van der Waals surface area (Å²) in [4.78, 5) is 2.66. The van der Waals surface area contributed by atoms with Crippen molar-refractivity contribution in [3.8, 4) is 27.9 Å². The second kappa shape index (κ2) is 11.7. The van der Waals surface area contributed by atoms with Gasteiger partial charge in [0.05, 0.1) is 11.0 Å². The maximum atomic E-state index is 7.29. The highest BCUT2D eigenvalue weighted by atomic mass is 16.3. The Labute approximate surface area is 360 Å². The van der Waals surface area contributed by atoms with E-state index in [4.69, 9.17) is 4.42 Å². The number of hydrogen-bond acceptors (Lipinski definition) is 2. The molecule has 300 valence electrons. The predicted octanol–water partition coefficient (Wildman–Crippen LogP) is 14.1. The summed E-state index contributed by atoms with van der Waals surface area (Å²) in [6.45, 7) is 25.6. The molecule has 2 aromatic heterocycles. The van der Waals surface area contributed by atoms with Crippen molar-refractivity contribution < 1.29 is 4.42 Å². The number of para-hydroxylation sites is 1. The number of fused-ring (bicyclic) bond motifs is 16. The van der Waals surface area contributed by atoms with Gasteiger partial charge in [0.25, 0.3) is 0 Å². The number of aromatic nitrogens is 1. The van der Waals surface area contributed by atoms with Crippen molar-refractivity contribution in [2.24, 2.45) is 0 Å². The van der Waals surface area contributed by atoms with Gasteiger partial charge in [-0.3, -0.25) is 0 Å². The summed E-state index contributed by atoms with van der Waals surface area (Å²) in [7, 11) is 0. The molecule has 7 aromatic carbocycles. The lowest BCUT2D eigenvalue weighted by Gasteiger charge is -2.43. The van der Waals surface area contributed by atoms with Crippen LogP contribution in [0.5, 0.6) is 0 Å². The van der Waals surface area contributed by atoms with Gasteiger partial charge in [-0.15, -0.1) is 0 Å². The Kier molecular flexibility index (Phi) is 7.05. The number of furan rings is 1. The second-order valence-corrected chi connectivity index (χ2v) is 21.8. The minimum Gasteiger partial charge on any atom is -0.455 e. The van der Waals surface area contributed by atoms with Crippen LogP contribution in [0.3, 0.4) is 0 Å². The Morgan fingerprint density at radius 1 is 0.541 bits per heavy atom. The lowest BCUT2D eigenvalue weighted by atomic mass is 9.43. The fourth-order valence-corrected chi connectivity index (χ4v) is 11.3. The third-order valence-electron chi connectivity index (χ3n) is 14.6. The van der Waals surface area contributed by atoms with E-state index in [0.29, 0.717) is 0 Å². The van der Waals surface area contributed by atoms with Gasteiger partial charge in [0.15, 0.2) is 0 Å². The fourth-order valence-electron chi connectivity index (χ4n) is 11.3. The highest BCUT2D eigenvalue weighted by Crippen LogP contribution is 2.55. The molecular weight excluding hydrogens is 739 g/mol.